The molecule has 1 saturated heterocycles. The van der Waals surface area contributed by atoms with Crippen molar-refractivity contribution >= 4 is 29.1 Å². The highest BCUT2D eigenvalue weighted by Gasteiger charge is 2.39. The fourth-order valence-corrected chi connectivity index (χ4v) is 3.56. The van der Waals surface area contributed by atoms with E-state index in [9.17, 15) is 9.59 Å². The van der Waals surface area contributed by atoms with Gasteiger partial charge < -0.3 is 5.32 Å². The molecule has 2 amide bonds. The summed E-state index contributed by atoms with van der Waals surface area (Å²) in [5.74, 6) is 0.313. The Labute approximate surface area is 135 Å². The number of halogens is 1. The van der Waals surface area contributed by atoms with Gasteiger partial charge in [-0.2, -0.15) is 0 Å². The van der Waals surface area contributed by atoms with E-state index in [1.807, 2.05) is 0 Å². The van der Waals surface area contributed by atoms with Crippen LogP contribution in [0.3, 0.4) is 0 Å². The molecule has 0 spiro atoms. The molecule has 1 aliphatic carbocycles. The average molecular weight is 321 g/mol. The van der Waals surface area contributed by atoms with Gasteiger partial charge in [-0.15, -0.1) is 0 Å². The molecule has 1 aromatic rings. The Morgan fingerprint density at radius 3 is 2.68 bits per heavy atom. The third-order valence-corrected chi connectivity index (χ3v) is 4.83. The van der Waals surface area contributed by atoms with Crippen LogP contribution in [0.5, 0.6) is 0 Å². The number of hydrogen-bond donors (Lipinski definition) is 1. The van der Waals surface area contributed by atoms with Crippen molar-refractivity contribution in [1.29, 1.82) is 0 Å². The zero-order chi connectivity index (χ0) is 15.5. The quantitative estimate of drug-likeness (QED) is 0.867. The van der Waals surface area contributed by atoms with Gasteiger partial charge in [-0.05, 0) is 43.5 Å². The van der Waals surface area contributed by atoms with Gasteiger partial charge >= 0.3 is 0 Å². The lowest BCUT2D eigenvalue weighted by atomic mass is 9.89. The molecule has 118 valence electrons. The fraction of sp³-hybridized carbons (Fsp3) is 0.529. The highest BCUT2D eigenvalue weighted by atomic mass is 35.5. The minimum Gasteiger partial charge on any atom is -0.305 e. The summed E-state index contributed by atoms with van der Waals surface area (Å²) in [5, 5.41) is 3.83. The molecule has 1 N–H and O–H groups in total. The molecule has 1 heterocycles. The van der Waals surface area contributed by atoms with Crippen LogP contribution < -0.4 is 10.2 Å². The number of hydrogen-bond acceptors (Lipinski definition) is 3. The predicted octanol–water partition coefficient (Wildman–Crippen LogP) is 3.14. The maximum absolute atomic E-state index is 12.5. The lowest BCUT2D eigenvalue weighted by molar-refractivity contribution is -0.121. The summed E-state index contributed by atoms with van der Waals surface area (Å²) in [6.45, 7) is 0.826. The van der Waals surface area contributed by atoms with Crippen molar-refractivity contribution in [2.75, 3.05) is 11.4 Å². The summed E-state index contributed by atoms with van der Waals surface area (Å²) in [7, 11) is 0. The van der Waals surface area contributed by atoms with Crippen LogP contribution in [-0.4, -0.2) is 24.4 Å². The molecule has 22 heavy (non-hydrogen) atoms. The number of carbonyl (C=O) groups excluding carboxylic acids is 2. The first-order valence-corrected chi connectivity index (χ1v) is 8.38. The summed E-state index contributed by atoms with van der Waals surface area (Å²) in [4.78, 5) is 25.9. The van der Waals surface area contributed by atoms with Crippen molar-refractivity contribution in [1.82, 2.24) is 5.32 Å². The van der Waals surface area contributed by atoms with E-state index >= 15 is 0 Å². The van der Waals surface area contributed by atoms with E-state index < -0.39 is 6.04 Å². The van der Waals surface area contributed by atoms with E-state index in [2.05, 4.69) is 5.32 Å². The van der Waals surface area contributed by atoms with Crippen LogP contribution in [0.4, 0.5) is 5.69 Å². The highest BCUT2D eigenvalue weighted by Crippen LogP contribution is 2.27. The molecule has 2 aliphatic rings. The minimum absolute atomic E-state index is 0.159. The molecule has 1 atom stereocenters. The molecular formula is C17H21ClN2O2. The monoisotopic (exact) mass is 320 g/mol. The molecule has 5 heteroatoms. The Morgan fingerprint density at radius 1 is 1.18 bits per heavy atom. The lowest BCUT2D eigenvalue weighted by Gasteiger charge is -2.23. The predicted molar refractivity (Wildman–Crippen MR) is 86.9 cm³/mol. The van der Waals surface area contributed by atoms with E-state index in [1.54, 1.807) is 24.3 Å². The molecule has 0 bridgehead atoms. The largest absolute Gasteiger partial charge is 0.305 e. The van der Waals surface area contributed by atoms with Crippen molar-refractivity contribution in [2.45, 2.75) is 44.6 Å². The van der Waals surface area contributed by atoms with Crippen molar-refractivity contribution in [3.05, 3.63) is 29.3 Å². The summed E-state index contributed by atoms with van der Waals surface area (Å²) in [5.41, 5.74) is 0.560. The van der Waals surface area contributed by atoms with E-state index in [4.69, 9.17) is 11.6 Å². The van der Waals surface area contributed by atoms with Gasteiger partial charge in [0.15, 0.2) is 0 Å². The van der Waals surface area contributed by atoms with E-state index in [0.717, 1.165) is 6.54 Å². The maximum atomic E-state index is 12.5. The van der Waals surface area contributed by atoms with Crippen LogP contribution in [0.2, 0.25) is 5.02 Å². The van der Waals surface area contributed by atoms with Gasteiger partial charge in [-0.1, -0.05) is 36.9 Å². The smallest absolute Gasteiger partial charge is 0.251 e. The van der Waals surface area contributed by atoms with Crippen molar-refractivity contribution in [2.24, 2.45) is 5.92 Å². The second-order valence-corrected chi connectivity index (χ2v) is 6.65. The zero-order valence-corrected chi connectivity index (χ0v) is 13.3. The van der Waals surface area contributed by atoms with E-state index in [-0.39, 0.29) is 18.2 Å². The SMILES string of the molecule is O=C1CC(NCC2CCCCC2)C(=O)N1c1cccc(Cl)c1. The molecule has 2 fully saturated rings. The topological polar surface area (TPSA) is 49.4 Å². The lowest BCUT2D eigenvalue weighted by Crippen LogP contribution is -2.41. The van der Waals surface area contributed by atoms with Crippen LogP contribution >= 0.6 is 11.6 Å². The van der Waals surface area contributed by atoms with Crippen LogP contribution in [0.1, 0.15) is 38.5 Å². The molecular weight excluding hydrogens is 300 g/mol. The number of carbonyl (C=O) groups is 2. The Kier molecular flexibility index (Phi) is 4.79. The third-order valence-electron chi connectivity index (χ3n) is 4.59. The fourth-order valence-electron chi connectivity index (χ4n) is 3.38. The second-order valence-electron chi connectivity index (χ2n) is 6.22. The standard InChI is InChI=1S/C17H21ClN2O2/c18-13-7-4-8-14(9-13)20-16(21)10-15(17(20)22)19-11-12-5-2-1-3-6-12/h4,7-9,12,15,19H,1-3,5-6,10-11H2. The van der Waals surface area contributed by atoms with Crippen molar-refractivity contribution < 1.29 is 9.59 Å². The van der Waals surface area contributed by atoms with E-state index in [0.29, 0.717) is 16.6 Å². The second kappa shape index (κ2) is 6.80. The summed E-state index contributed by atoms with van der Waals surface area (Å²) in [6.07, 6.45) is 6.55. The Hall–Kier alpha value is -1.39. The van der Waals surface area contributed by atoms with Crippen LogP contribution in [0.25, 0.3) is 0 Å². The number of imide groups is 1. The van der Waals surface area contributed by atoms with Gasteiger partial charge in [0.05, 0.1) is 18.2 Å². The van der Waals surface area contributed by atoms with Crippen LogP contribution in [0, 0.1) is 5.92 Å². The van der Waals surface area contributed by atoms with Crippen molar-refractivity contribution in [3.8, 4) is 0 Å². The molecule has 1 aromatic carbocycles. The van der Waals surface area contributed by atoms with Gasteiger partial charge in [0.1, 0.15) is 0 Å². The van der Waals surface area contributed by atoms with Crippen LogP contribution in [0.15, 0.2) is 24.3 Å². The molecule has 3 rings (SSSR count). The number of amides is 2. The summed E-state index contributed by atoms with van der Waals surface area (Å²) >= 11 is 5.95. The zero-order valence-electron chi connectivity index (χ0n) is 12.6. The molecule has 1 aliphatic heterocycles. The summed E-state index contributed by atoms with van der Waals surface area (Å²) in [6, 6.07) is 6.48. The van der Waals surface area contributed by atoms with Gasteiger partial charge in [-0.3, -0.25) is 9.59 Å². The Morgan fingerprint density at radius 2 is 1.95 bits per heavy atom. The minimum atomic E-state index is -0.395. The van der Waals surface area contributed by atoms with E-state index in [1.165, 1.54) is 37.0 Å². The number of nitrogens with zero attached hydrogens (tertiary/aromatic N) is 1. The first kappa shape index (κ1) is 15.5. The maximum Gasteiger partial charge on any atom is 0.251 e. The van der Waals surface area contributed by atoms with Crippen molar-refractivity contribution in [3.63, 3.8) is 0 Å². The summed E-state index contributed by atoms with van der Waals surface area (Å²) < 4.78 is 0. The number of benzene rings is 1. The number of anilines is 1. The van der Waals surface area contributed by atoms with Crippen LogP contribution in [-0.2, 0) is 9.59 Å². The average Bonchev–Trinajstić information content (AvgIpc) is 2.80. The molecule has 4 nitrogen and oxygen atoms in total. The van der Waals surface area contributed by atoms with Gasteiger partial charge in [0.25, 0.3) is 5.91 Å². The Bertz CT molecular complexity index is 570. The molecule has 1 saturated carbocycles. The third kappa shape index (κ3) is 3.33. The normalized spacial score (nSPS) is 23.3. The molecule has 1 unspecified atom stereocenters. The van der Waals surface area contributed by atoms with Gasteiger partial charge in [0.2, 0.25) is 5.91 Å². The number of nitrogens with one attached hydrogen (secondary N) is 1. The number of rotatable bonds is 4. The van der Waals surface area contributed by atoms with Gasteiger partial charge in [0, 0.05) is 5.02 Å². The first-order valence-electron chi connectivity index (χ1n) is 8.01. The Balaban J connectivity index is 1.63. The molecule has 0 radical (unpaired) electrons. The van der Waals surface area contributed by atoms with Gasteiger partial charge in [-0.25, -0.2) is 4.90 Å². The highest BCUT2D eigenvalue weighted by molar-refractivity contribution is 6.31. The first-order chi connectivity index (χ1) is 10.6. The molecule has 0 aromatic heterocycles.